The molecule has 0 fully saturated rings. The molecule has 0 aliphatic carbocycles. The van der Waals surface area contributed by atoms with Gasteiger partial charge in [-0.1, -0.05) is 0 Å². The van der Waals surface area contributed by atoms with Crippen LogP contribution in [0.4, 0.5) is 4.79 Å². The fraction of sp³-hybridized carbons (Fsp3) is 0.300. The number of phenols is 1. The van der Waals surface area contributed by atoms with Crippen LogP contribution in [-0.4, -0.2) is 37.6 Å². The van der Waals surface area contributed by atoms with Crippen LogP contribution in [0.1, 0.15) is 6.92 Å². The maximum Gasteiger partial charge on any atom is 0.423 e. The summed E-state index contributed by atoms with van der Waals surface area (Å²) in [6.07, 6.45) is -0.944. The largest absolute Gasteiger partial charge is 0.508 e. The number of hydrogen-bond donors (Lipinski definition) is 1. The van der Waals surface area contributed by atoms with Gasteiger partial charge in [-0.25, -0.2) is 17.5 Å². The van der Waals surface area contributed by atoms with Crippen molar-refractivity contribution in [2.75, 3.05) is 13.7 Å². The molecule has 0 heterocycles. The Morgan fingerprint density at radius 3 is 2.35 bits per heavy atom. The Hall–Kier alpha value is -1.76. The minimum Gasteiger partial charge on any atom is -0.508 e. The van der Waals surface area contributed by atoms with Crippen molar-refractivity contribution in [3.05, 3.63) is 24.3 Å². The van der Waals surface area contributed by atoms with Gasteiger partial charge < -0.3 is 9.84 Å². The fourth-order valence-corrected chi connectivity index (χ4v) is 2.13. The van der Waals surface area contributed by atoms with E-state index in [-0.39, 0.29) is 17.3 Å². The minimum absolute atomic E-state index is 0.0530. The lowest BCUT2D eigenvalue weighted by Gasteiger charge is -2.16. The standard InChI is InChI=1S/C10H13NO5S/c1-3-16-10(13)11(2)17(14,15)9-6-4-8(12)5-7-9/h4-7,12H,3H2,1-2H3. The molecule has 1 N–H and O–H groups in total. The first kappa shape index (κ1) is 13.3. The van der Waals surface area contributed by atoms with Crippen LogP contribution in [0.15, 0.2) is 29.2 Å². The molecular formula is C10H13NO5S. The van der Waals surface area contributed by atoms with Crippen molar-refractivity contribution in [3.63, 3.8) is 0 Å². The van der Waals surface area contributed by atoms with E-state index in [1.165, 1.54) is 24.3 Å². The average molecular weight is 259 g/mol. The molecule has 0 radical (unpaired) electrons. The Kier molecular flexibility index (Phi) is 3.95. The van der Waals surface area contributed by atoms with E-state index in [9.17, 15) is 13.2 Å². The van der Waals surface area contributed by atoms with E-state index in [1.54, 1.807) is 6.92 Å². The number of amides is 1. The van der Waals surface area contributed by atoms with Gasteiger partial charge in [-0.05, 0) is 31.2 Å². The van der Waals surface area contributed by atoms with Crippen LogP contribution < -0.4 is 0 Å². The third-order valence-electron chi connectivity index (χ3n) is 2.02. The van der Waals surface area contributed by atoms with Crippen molar-refractivity contribution in [3.8, 4) is 5.75 Å². The number of benzene rings is 1. The van der Waals surface area contributed by atoms with E-state index < -0.39 is 16.1 Å². The van der Waals surface area contributed by atoms with Crippen LogP contribution in [0.5, 0.6) is 5.75 Å². The van der Waals surface area contributed by atoms with E-state index >= 15 is 0 Å². The van der Waals surface area contributed by atoms with Gasteiger partial charge in [0.15, 0.2) is 0 Å². The molecule has 1 aromatic rings. The Balaban J connectivity index is 3.03. The Labute approximate surface area is 99.5 Å². The van der Waals surface area contributed by atoms with E-state index in [4.69, 9.17) is 5.11 Å². The van der Waals surface area contributed by atoms with Gasteiger partial charge in [0.05, 0.1) is 11.5 Å². The van der Waals surface area contributed by atoms with Gasteiger partial charge in [0.1, 0.15) is 5.75 Å². The molecule has 0 aliphatic rings. The zero-order valence-electron chi connectivity index (χ0n) is 9.45. The van der Waals surface area contributed by atoms with Crippen LogP contribution in [0.25, 0.3) is 0 Å². The predicted octanol–water partition coefficient (Wildman–Crippen LogP) is 1.17. The second-order valence-corrected chi connectivity index (χ2v) is 5.13. The van der Waals surface area contributed by atoms with Crippen molar-refractivity contribution in [1.29, 1.82) is 0 Å². The van der Waals surface area contributed by atoms with Crippen molar-refractivity contribution in [2.45, 2.75) is 11.8 Å². The SMILES string of the molecule is CCOC(=O)N(C)S(=O)(=O)c1ccc(O)cc1. The number of nitrogens with zero attached hydrogens (tertiary/aromatic N) is 1. The number of hydrogen-bond acceptors (Lipinski definition) is 5. The van der Waals surface area contributed by atoms with Crippen LogP contribution in [0.3, 0.4) is 0 Å². The second-order valence-electron chi connectivity index (χ2n) is 3.17. The predicted molar refractivity (Wildman–Crippen MR) is 60.1 cm³/mol. The highest BCUT2D eigenvalue weighted by molar-refractivity contribution is 7.89. The third kappa shape index (κ3) is 2.88. The Bertz CT molecular complexity index is 494. The van der Waals surface area contributed by atoms with E-state index in [0.29, 0.717) is 4.31 Å². The Morgan fingerprint density at radius 2 is 1.88 bits per heavy atom. The van der Waals surface area contributed by atoms with Crippen molar-refractivity contribution in [1.82, 2.24) is 4.31 Å². The van der Waals surface area contributed by atoms with Gasteiger partial charge in [-0.2, -0.15) is 0 Å². The first-order chi connectivity index (χ1) is 7.89. The highest BCUT2D eigenvalue weighted by atomic mass is 32.2. The molecule has 0 aromatic heterocycles. The molecular weight excluding hydrogens is 246 g/mol. The summed E-state index contributed by atoms with van der Waals surface area (Å²) in [4.78, 5) is 11.2. The average Bonchev–Trinajstić information content (AvgIpc) is 2.29. The summed E-state index contributed by atoms with van der Waals surface area (Å²) in [5.74, 6) is -0.0530. The lowest BCUT2D eigenvalue weighted by Crippen LogP contribution is -2.33. The number of rotatable bonds is 3. The highest BCUT2D eigenvalue weighted by Crippen LogP contribution is 2.18. The van der Waals surface area contributed by atoms with Crippen LogP contribution in [0, 0.1) is 0 Å². The molecule has 7 heteroatoms. The quantitative estimate of drug-likeness (QED) is 0.880. The highest BCUT2D eigenvalue weighted by Gasteiger charge is 2.26. The molecule has 0 saturated heterocycles. The summed E-state index contributed by atoms with van der Waals surface area (Å²) in [6.45, 7) is 1.67. The maximum absolute atomic E-state index is 11.9. The lowest BCUT2D eigenvalue weighted by atomic mass is 10.3. The lowest BCUT2D eigenvalue weighted by molar-refractivity contribution is 0.136. The minimum atomic E-state index is -3.93. The zero-order valence-corrected chi connectivity index (χ0v) is 10.3. The molecule has 94 valence electrons. The second kappa shape index (κ2) is 5.05. The van der Waals surface area contributed by atoms with E-state index in [2.05, 4.69) is 4.74 Å². The smallest absolute Gasteiger partial charge is 0.423 e. The maximum atomic E-state index is 11.9. The van der Waals surface area contributed by atoms with Crippen LogP contribution in [0.2, 0.25) is 0 Å². The number of carbonyl (C=O) groups excluding carboxylic acids is 1. The molecule has 0 unspecified atom stereocenters. The molecule has 1 aromatic carbocycles. The van der Waals surface area contributed by atoms with Gasteiger partial charge in [0.25, 0.3) is 10.0 Å². The Morgan fingerprint density at radius 1 is 1.35 bits per heavy atom. The number of ether oxygens (including phenoxy) is 1. The van der Waals surface area contributed by atoms with Crippen LogP contribution in [-0.2, 0) is 14.8 Å². The number of sulfonamides is 1. The molecule has 0 spiro atoms. The van der Waals surface area contributed by atoms with Gasteiger partial charge in [0.2, 0.25) is 0 Å². The van der Waals surface area contributed by atoms with Gasteiger partial charge >= 0.3 is 6.09 Å². The van der Waals surface area contributed by atoms with Gasteiger partial charge in [-0.15, -0.1) is 0 Å². The molecule has 1 amide bonds. The van der Waals surface area contributed by atoms with Crippen molar-refractivity contribution >= 4 is 16.1 Å². The number of aromatic hydroxyl groups is 1. The molecule has 0 atom stereocenters. The first-order valence-electron chi connectivity index (χ1n) is 4.84. The molecule has 6 nitrogen and oxygen atoms in total. The third-order valence-corrected chi connectivity index (χ3v) is 3.76. The topological polar surface area (TPSA) is 83.9 Å². The summed E-state index contributed by atoms with van der Waals surface area (Å²) in [5, 5.41) is 9.05. The normalized spacial score (nSPS) is 10.9. The molecule has 17 heavy (non-hydrogen) atoms. The molecule has 1 rings (SSSR count). The summed E-state index contributed by atoms with van der Waals surface area (Å²) in [5.41, 5.74) is 0. The van der Waals surface area contributed by atoms with E-state index in [0.717, 1.165) is 7.05 Å². The van der Waals surface area contributed by atoms with Gasteiger partial charge in [-0.3, -0.25) is 0 Å². The number of phenolic OH excluding ortho intramolecular Hbond substituents is 1. The summed E-state index contributed by atoms with van der Waals surface area (Å²) >= 11 is 0. The van der Waals surface area contributed by atoms with Gasteiger partial charge in [0, 0.05) is 7.05 Å². The first-order valence-corrected chi connectivity index (χ1v) is 6.28. The zero-order chi connectivity index (χ0) is 13.1. The summed E-state index contributed by atoms with van der Waals surface area (Å²) < 4.78 is 28.9. The summed E-state index contributed by atoms with van der Waals surface area (Å²) in [7, 11) is -2.82. The molecule has 0 bridgehead atoms. The molecule has 0 aliphatic heterocycles. The van der Waals surface area contributed by atoms with Crippen molar-refractivity contribution in [2.24, 2.45) is 0 Å². The van der Waals surface area contributed by atoms with Crippen molar-refractivity contribution < 1.29 is 23.1 Å². The summed E-state index contributed by atoms with van der Waals surface area (Å²) in [6, 6.07) is 4.87. The number of carbonyl (C=O) groups is 1. The van der Waals surface area contributed by atoms with E-state index in [1.807, 2.05) is 0 Å². The monoisotopic (exact) mass is 259 g/mol. The van der Waals surface area contributed by atoms with Crippen LogP contribution >= 0.6 is 0 Å². The molecule has 0 saturated carbocycles. The fourth-order valence-electron chi connectivity index (χ4n) is 1.09.